The van der Waals surface area contributed by atoms with E-state index in [9.17, 15) is 19.5 Å². The number of ether oxygens (including phenoxy) is 2. The lowest BCUT2D eigenvalue weighted by molar-refractivity contribution is -0.146. The highest BCUT2D eigenvalue weighted by atomic mass is 16.5. The van der Waals surface area contributed by atoms with Crippen LogP contribution in [0.1, 0.15) is 86.5 Å². The van der Waals surface area contributed by atoms with E-state index in [4.69, 9.17) is 9.47 Å². The van der Waals surface area contributed by atoms with Crippen molar-refractivity contribution in [3.8, 4) is 0 Å². The number of carbonyl (C=O) groups is 3. The second kappa shape index (κ2) is 16.3. The van der Waals surface area contributed by atoms with Crippen LogP contribution in [0.15, 0.2) is 36.0 Å². The third kappa shape index (κ3) is 8.77. The number of nitrogens with one attached hydrogen (secondary N) is 1. The standard InChI is InChI=1S/C33H54N2O6/c1-10-14-23(20(5)12-3)16-26(33(38)39)34-32(37)22(7)31(41-9)28-18-24-17-27(24)35(28)30(36)19-29(40-8)25(15-11-2)21(6)13-4/h10,12,14,21-22,24-29,31H,1,11,13,15-19H2,2-9H3,(H,34,37)(H,38,39)/b20-12-,23-14-. The highest BCUT2D eigenvalue weighted by molar-refractivity contribution is 5.86. The van der Waals surface area contributed by atoms with E-state index >= 15 is 0 Å². The summed E-state index contributed by atoms with van der Waals surface area (Å²) in [6.45, 7) is 15.8. The summed E-state index contributed by atoms with van der Waals surface area (Å²) < 4.78 is 11.8. The Labute approximate surface area is 247 Å². The van der Waals surface area contributed by atoms with Gasteiger partial charge in [0.1, 0.15) is 6.04 Å². The maximum Gasteiger partial charge on any atom is 0.326 e. The van der Waals surface area contributed by atoms with Crippen molar-refractivity contribution in [3.63, 3.8) is 0 Å². The number of amides is 2. The Kier molecular flexibility index (Phi) is 13.8. The van der Waals surface area contributed by atoms with Crippen molar-refractivity contribution >= 4 is 17.8 Å². The van der Waals surface area contributed by atoms with Gasteiger partial charge < -0.3 is 24.8 Å². The molecule has 1 saturated carbocycles. The van der Waals surface area contributed by atoms with Crippen LogP contribution < -0.4 is 5.32 Å². The minimum Gasteiger partial charge on any atom is -0.480 e. The quantitative estimate of drug-likeness (QED) is 0.209. The van der Waals surface area contributed by atoms with Crippen molar-refractivity contribution in [2.75, 3.05) is 14.2 Å². The second-order valence-electron chi connectivity index (χ2n) is 12.0. The normalized spacial score (nSPS) is 25.0. The number of carbonyl (C=O) groups excluding carboxylic acids is 2. The number of piperidine rings is 1. The summed E-state index contributed by atoms with van der Waals surface area (Å²) in [5.41, 5.74) is 1.72. The lowest BCUT2D eigenvalue weighted by Gasteiger charge is -2.37. The van der Waals surface area contributed by atoms with E-state index in [0.29, 0.717) is 24.2 Å². The average molecular weight is 575 g/mol. The summed E-state index contributed by atoms with van der Waals surface area (Å²) in [6.07, 6.45) is 9.86. The molecule has 1 heterocycles. The smallest absolute Gasteiger partial charge is 0.326 e. The molecule has 8 nitrogen and oxygen atoms in total. The second-order valence-corrected chi connectivity index (χ2v) is 12.0. The van der Waals surface area contributed by atoms with Gasteiger partial charge in [-0.1, -0.05) is 70.9 Å². The number of carboxylic acid groups (broad SMARTS) is 1. The molecule has 2 amide bonds. The van der Waals surface area contributed by atoms with E-state index in [1.807, 2.05) is 24.8 Å². The van der Waals surface area contributed by atoms with Crippen LogP contribution in [-0.2, 0) is 23.9 Å². The number of nitrogens with zero attached hydrogens (tertiary/aromatic N) is 1. The maximum absolute atomic E-state index is 13.8. The summed E-state index contributed by atoms with van der Waals surface area (Å²) in [7, 11) is 3.26. The molecule has 8 heteroatoms. The van der Waals surface area contributed by atoms with Gasteiger partial charge in [0.2, 0.25) is 11.8 Å². The van der Waals surface area contributed by atoms with E-state index in [-0.39, 0.29) is 30.5 Å². The van der Waals surface area contributed by atoms with Crippen LogP contribution in [0.3, 0.4) is 0 Å². The van der Waals surface area contributed by atoms with Crippen molar-refractivity contribution in [2.45, 2.75) is 117 Å². The number of carboxylic acids is 1. The molecule has 2 aliphatic rings. The number of fused-ring (bicyclic) bond motifs is 1. The minimum atomic E-state index is -1.11. The zero-order chi connectivity index (χ0) is 30.9. The van der Waals surface area contributed by atoms with Gasteiger partial charge in [-0.05, 0) is 56.4 Å². The Hall–Kier alpha value is -2.45. The van der Waals surface area contributed by atoms with Crippen LogP contribution in [0.5, 0.6) is 0 Å². The Morgan fingerprint density at radius 1 is 1.12 bits per heavy atom. The number of hydrogen-bond donors (Lipinski definition) is 2. The van der Waals surface area contributed by atoms with Crippen molar-refractivity contribution in [1.82, 2.24) is 10.2 Å². The maximum atomic E-state index is 13.8. The molecular weight excluding hydrogens is 520 g/mol. The molecule has 1 saturated heterocycles. The molecule has 2 rings (SSSR count). The first-order valence-corrected chi connectivity index (χ1v) is 15.3. The molecule has 9 unspecified atom stereocenters. The molecule has 1 aliphatic carbocycles. The molecular formula is C33H54N2O6. The van der Waals surface area contributed by atoms with Crippen LogP contribution >= 0.6 is 0 Å². The highest BCUT2D eigenvalue weighted by Gasteiger charge is 2.57. The Morgan fingerprint density at radius 3 is 2.32 bits per heavy atom. The highest BCUT2D eigenvalue weighted by Crippen LogP contribution is 2.50. The first-order chi connectivity index (χ1) is 19.5. The van der Waals surface area contributed by atoms with Crippen molar-refractivity contribution < 1.29 is 29.0 Å². The molecule has 1 aliphatic heterocycles. The molecule has 2 N–H and O–H groups in total. The number of likely N-dealkylation sites (tertiary alicyclic amines) is 1. The fraction of sp³-hybridized carbons (Fsp3) is 0.727. The Bertz CT molecular complexity index is 975. The number of aliphatic carboxylic acids is 1. The first kappa shape index (κ1) is 34.7. The summed E-state index contributed by atoms with van der Waals surface area (Å²) in [5, 5.41) is 12.6. The molecule has 0 bridgehead atoms. The zero-order valence-electron chi connectivity index (χ0n) is 26.5. The molecule has 232 valence electrons. The molecule has 9 atom stereocenters. The van der Waals surface area contributed by atoms with E-state index < -0.39 is 29.9 Å². The number of methoxy groups -OCH3 is 2. The predicted molar refractivity (Wildman–Crippen MR) is 162 cm³/mol. The third-order valence-corrected chi connectivity index (χ3v) is 9.44. The van der Waals surface area contributed by atoms with Gasteiger partial charge in [-0.15, -0.1) is 0 Å². The summed E-state index contributed by atoms with van der Waals surface area (Å²) >= 11 is 0. The third-order valence-electron chi connectivity index (χ3n) is 9.44. The van der Waals surface area contributed by atoms with Gasteiger partial charge in [-0.3, -0.25) is 9.59 Å². The van der Waals surface area contributed by atoms with E-state index in [2.05, 4.69) is 32.7 Å². The van der Waals surface area contributed by atoms with Gasteiger partial charge in [0, 0.05) is 26.7 Å². The molecule has 41 heavy (non-hydrogen) atoms. The van der Waals surface area contributed by atoms with Gasteiger partial charge in [-0.25, -0.2) is 4.79 Å². The van der Waals surface area contributed by atoms with Crippen molar-refractivity contribution in [3.05, 3.63) is 36.0 Å². The summed E-state index contributed by atoms with van der Waals surface area (Å²) in [5.74, 6) is -0.936. The zero-order valence-corrected chi connectivity index (χ0v) is 26.5. The van der Waals surface area contributed by atoms with Gasteiger partial charge in [-0.2, -0.15) is 0 Å². The topological polar surface area (TPSA) is 105 Å². The van der Waals surface area contributed by atoms with Gasteiger partial charge in [0.05, 0.1) is 30.6 Å². The predicted octanol–water partition coefficient (Wildman–Crippen LogP) is 5.53. The molecule has 0 spiro atoms. The fourth-order valence-electron chi connectivity index (χ4n) is 6.57. The minimum absolute atomic E-state index is 0.0513. The summed E-state index contributed by atoms with van der Waals surface area (Å²) in [6, 6.07) is -1.17. The Balaban J connectivity index is 2.20. The lowest BCUT2D eigenvalue weighted by atomic mass is 9.82. The first-order valence-electron chi connectivity index (χ1n) is 15.3. The van der Waals surface area contributed by atoms with Gasteiger partial charge >= 0.3 is 5.97 Å². The largest absolute Gasteiger partial charge is 0.480 e. The number of allylic oxidation sites excluding steroid dienone is 4. The molecule has 2 fully saturated rings. The monoisotopic (exact) mass is 574 g/mol. The van der Waals surface area contributed by atoms with Gasteiger partial charge in [0.25, 0.3) is 0 Å². The lowest BCUT2D eigenvalue weighted by Crippen LogP contribution is -2.53. The molecule has 0 aromatic carbocycles. The van der Waals surface area contributed by atoms with Gasteiger partial charge in [0.15, 0.2) is 0 Å². The fourth-order valence-corrected chi connectivity index (χ4v) is 6.57. The van der Waals surface area contributed by atoms with Crippen molar-refractivity contribution in [1.29, 1.82) is 0 Å². The molecule has 0 aromatic heterocycles. The van der Waals surface area contributed by atoms with E-state index in [1.165, 1.54) is 0 Å². The van der Waals surface area contributed by atoms with Crippen LogP contribution in [0, 0.1) is 23.7 Å². The van der Waals surface area contributed by atoms with E-state index in [0.717, 1.165) is 43.3 Å². The SMILES string of the molecule is C=C/C=C(CC(NC(=O)C(C)C(OC)C1CC2CC2N1C(=O)CC(OC)C(CCC)C(C)CC)C(=O)O)\C(C)=C/C. The van der Waals surface area contributed by atoms with Crippen LogP contribution in [-0.4, -0.2) is 72.3 Å². The summed E-state index contributed by atoms with van der Waals surface area (Å²) in [4.78, 5) is 41.3. The molecule has 0 aromatic rings. The number of rotatable bonds is 18. The molecule has 0 radical (unpaired) electrons. The van der Waals surface area contributed by atoms with E-state index in [1.54, 1.807) is 33.3 Å². The van der Waals surface area contributed by atoms with Crippen LogP contribution in [0.25, 0.3) is 0 Å². The van der Waals surface area contributed by atoms with Crippen LogP contribution in [0.4, 0.5) is 0 Å². The van der Waals surface area contributed by atoms with Crippen molar-refractivity contribution in [2.24, 2.45) is 23.7 Å². The average Bonchev–Trinajstić information content (AvgIpc) is 3.62. The number of hydrogen-bond acceptors (Lipinski definition) is 5. The Morgan fingerprint density at radius 2 is 1.80 bits per heavy atom. The van der Waals surface area contributed by atoms with Crippen LogP contribution in [0.2, 0.25) is 0 Å².